The van der Waals surface area contributed by atoms with Crippen molar-refractivity contribution in [2.75, 3.05) is 26.2 Å². The van der Waals surface area contributed by atoms with Crippen molar-refractivity contribution in [1.82, 2.24) is 15.1 Å². The fourth-order valence-electron chi connectivity index (χ4n) is 4.35. The zero-order chi connectivity index (χ0) is 21.7. The SMILES string of the molecule is C=CCN1CC(C)N(C(c2ccc(C(=O)NCC)cc2)c2cccc(O)c2)CC1C. The first-order chi connectivity index (χ1) is 14.4. The molecule has 3 atom stereocenters. The van der Waals surface area contributed by atoms with Crippen molar-refractivity contribution in [3.05, 3.63) is 77.9 Å². The molecule has 2 aromatic rings. The average Bonchev–Trinajstić information content (AvgIpc) is 2.72. The van der Waals surface area contributed by atoms with E-state index in [1.54, 1.807) is 6.07 Å². The van der Waals surface area contributed by atoms with Crippen molar-refractivity contribution in [2.45, 2.75) is 38.9 Å². The van der Waals surface area contributed by atoms with Crippen LogP contribution < -0.4 is 5.32 Å². The molecule has 0 aliphatic carbocycles. The van der Waals surface area contributed by atoms with Gasteiger partial charge in [0.15, 0.2) is 0 Å². The number of amides is 1. The summed E-state index contributed by atoms with van der Waals surface area (Å²) < 4.78 is 0. The van der Waals surface area contributed by atoms with Gasteiger partial charge in [-0.15, -0.1) is 6.58 Å². The molecule has 0 radical (unpaired) electrons. The third-order valence-corrected chi connectivity index (χ3v) is 5.87. The quantitative estimate of drug-likeness (QED) is 0.686. The second-order valence-electron chi connectivity index (χ2n) is 8.12. The largest absolute Gasteiger partial charge is 0.508 e. The van der Waals surface area contributed by atoms with Crippen LogP contribution in [-0.2, 0) is 0 Å². The average molecular weight is 408 g/mol. The Morgan fingerprint density at radius 3 is 2.53 bits per heavy atom. The monoisotopic (exact) mass is 407 g/mol. The molecule has 0 aromatic heterocycles. The van der Waals surface area contributed by atoms with Crippen LogP contribution in [0.5, 0.6) is 5.75 Å². The van der Waals surface area contributed by atoms with Gasteiger partial charge in [-0.1, -0.05) is 30.3 Å². The molecule has 5 heteroatoms. The van der Waals surface area contributed by atoms with Gasteiger partial charge in [-0.25, -0.2) is 0 Å². The Labute approximate surface area is 180 Å². The summed E-state index contributed by atoms with van der Waals surface area (Å²) in [5, 5.41) is 13.0. The highest BCUT2D eigenvalue weighted by Gasteiger charge is 2.34. The van der Waals surface area contributed by atoms with Gasteiger partial charge in [0.05, 0.1) is 6.04 Å². The van der Waals surface area contributed by atoms with E-state index >= 15 is 0 Å². The van der Waals surface area contributed by atoms with Gasteiger partial charge in [0.1, 0.15) is 5.75 Å². The first-order valence-corrected chi connectivity index (χ1v) is 10.7. The smallest absolute Gasteiger partial charge is 0.251 e. The molecule has 2 aromatic carbocycles. The molecular formula is C25H33N3O2. The van der Waals surface area contributed by atoms with Crippen molar-refractivity contribution < 1.29 is 9.90 Å². The molecule has 1 aliphatic rings. The molecule has 1 heterocycles. The standard InChI is InChI=1S/C25H33N3O2/c1-5-14-27-16-19(4)28(17-18(27)3)24(22-8-7-9-23(29)15-22)20-10-12-21(13-11-20)25(30)26-6-2/h5,7-13,15,18-19,24,29H,1,6,14,16-17H2,2-4H3,(H,26,30). The van der Waals surface area contributed by atoms with Crippen LogP contribution in [-0.4, -0.2) is 59.1 Å². The van der Waals surface area contributed by atoms with Gasteiger partial charge in [-0.2, -0.15) is 0 Å². The van der Waals surface area contributed by atoms with E-state index in [-0.39, 0.29) is 17.7 Å². The number of carbonyl (C=O) groups is 1. The first kappa shape index (κ1) is 22.1. The molecule has 30 heavy (non-hydrogen) atoms. The molecule has 3 unspecified atom stereocenters. The lowest BCUT2D eigenvalue weighted by molar-refractivity contribution is 0.0306. The summed E-state index contributed by atoms with van der Waals surface area (Å²) in [6.45, 7) is 13.7. The molecule has 1 amide bonds. The van der Waals surface area contributed by atoms with Crippen molar-refractivity contribution in [1.29, 1.82) is 0 Å². The summed E-state index contributed by atoms with van der Waals surface area (Å²) in [6.07, 6.45) is 1.96. The molecular weight excluding hydrogens is 374 g/mol. The first-order valence-electron chi connectivity index (χ1n) is 10.7. The van der Waals surface area contributed by atoms with E-state index < -0.39 is 0 Å². The molecule has 0 saturated carbocycles. The molecule has 2 N–H and O–H groups in total. The normalized spacial score (nSPS) is 21.2. The predicted molar refractivity (Wildman–Crippen MR) is 122 cm³/mol. The molecule has 0 bridgehead atoms. The summed E-state index contributed by atoms with van der Waals surface area (Å²) in [7, 11) is 0. The number of phenolic OH excluding ortho intramolecular Hbond substituents is 1. The summed E-state index contributed by atoms with van der Waals surface area (Å²) in [5.41, 5.74) is 2.83. The van der Waals surface area contributed by atoms with Gasteiger partial charge in [0.2, 0.25) is 0 Å². The van der Waals surface area contributed by atoms with E-state index in [0.717, 1.165) is 30.8 Å². The predicted octanol–water partition coefficient (Wildman–Crippen LogP) is 3.81. The Morgan fingerprint density at radius 2 is 1.90 bits per heavy atom. The van der Waals surface area contributed by atoms with Crippen LogP contribution in [0.25, 0.3) is 0 Å². The van der Waals surface area contributed by atoms with Gasteiger partial charge in [0.25, 0.3) is 5.91 Å². The number of hydrogen-bond donors (Lipinski definition) is 2. The Morgan fingerprint density at radius 1 is 1.17 bits per heavy atom. The van der Waals surface area contributed by atoms with Gasteiger partial charge in [0, 0.05) is 43.8 Å². The fraction of sp³-hybridized carbons (Fsp3) is 0.400. The number of carbonyl (C=O) groups excluding carboxylic acids is 1. The number of aromatic hydroxyl groups is 1. The maximum atomic E-state index is 12.2. The van der Waals surface area contributed by atoms with Crippen LogP contribution in [0.1, 0.15) is 48.3 Å². The number of phenols is 1. The van der Waals surface area contributed by atoms with Crippen molar-refractivity contribution in [2.24, 2.45) is 0 Å². The lowest BCUT2D eigenvalue weighted by atomic mass is 9.92. The molecule has 1 aliphatic heterocycles. The minimum Gasteiger partial charge on any atom is -0.508 e. The lowest BCUT2D eigenvalue weighted by Gasteiger charge is -2.47. The van der Waals surface area contributed by atoms with E-state index in [2.05, 4.69) is 41.6 Å². The Hall–Kier alpha value is -2.63. The van der Waals surface area contributed by atoms with E-state index in [1.807, 2.05) is 49.4 Å². The maximum absolute atomic E-state index is 12.2. The Balaban J connectivity index is 1.96. The third-order valence-electron chi connectivity index (χ3n) is 5.87. The van der Waals surface area contributed by atoms with Gasteiger partial charge >= 0.3 is 0 Å². The lowest BCUT2D eigenvalue weighted by Crippen LogP contribution is -2.57. The van der Waals surface area contributed by atoms with E-state index in [9.17, 15) is 9.90 Å². The topological polar surface area (TPSA) is 55.8 Å². The second kappa shape index (κ2) is 9.92. The number of nitrogens with one attached hydrogen (secondary N) is 1. The van der Waals surface area contributed by atoms with Crippen molar-refractivity contribution >= 4 is 5.91 Å². The summed E-state index contributed by atoms with van der Waals surface area (Å²) in [4.78, 5) is 17.1. The van der Waals surface area contributed by atoms with E-state index in [1.165, 1.54) is 0 Å². The van der Waals surface area contributed by atoms with Gasteiger partial charge in [-0.05, 0) is 56.2 Å². The molecule has 1 saturated heterocycles. The second-order valence-corrected chi connectivity index (χ2v) is 8.12. The Bertz CT molecular complexity index is 865. The van der Waals surface area contributed by atoms with Crippen molar-refractivity contribution in [3.63, 3.8) is 0 Å². The molecule has 3 rings (SSSR count). The van der Waals surface area contributed by atoms with Crippen LogP contribution in [0.15, 0.2) is 61.2 Å². The number of hydrogen-bond acceptors (Lipinski definition) is 4. The number of nitrogens with zero attached hydrogens (tertiary/aromatic N) is 2. The van der Waals surface area contributed by atoms with Crippen molar-refractivity contribution in [3.8, 4) is 5.75 Å². The highest BCUT2D eigenvalue weighted by molar-refractivity contribution is 5.94. The molecule has 160 valence electrons. The van der Waals surface area contributed by atoms with Gasteiger partial charge in [-0.3, -0.25) is 14.6 Å². The van der Waals surface area contributed by atoms with Crippen LogP contribution in [0, 0.1) is 0 Å². The van der Waals surface area contributed by atoms with Crippen LogP contribution in [0.4, 0.5) is 0 Å². The molecule has 1 fully saturated rings. The number of rotatable bonds is 7. The van der Waals surface area contributed by atoms with Gasteiger partial charge < -0.3 is 10.4 Å². The van der Waals surface area contributed by atoms with E-state index in [0.29, 0.717) is 24.2 Å². The maximum Gasteiger partial charge on any atom is 0.251 e. The number of benzene rings is 2. The fourth-order valence-corrected chi connectivity index (χ4v) is 4.35. The zero-order valence-electron chi connectivity index (χ0n) is 18.2. The van der Waals surface area contributed by atoms with Crippen LogP contribution in [0.3, 0.4) is 0 Å². The van der Waals surface area contributed by atoms with E-state index in [4.69, 9.17) is 0 Å². The number of piperazine rings is 1. The van der Waals surface area contributed by atoms with Crippen LogP contribution in [0.2, 0.25) is 0 Å². The third kappa shape index (κ3) is 4.91. The zero-order valence-corrected chi connectivity index (χ0v) is 18.2. The molecule has 5 nitrogen and oxygen atoms in total. The molecule has 0 spiro atoms. The highest BCUT2D eigenvalue weighted by Crippen LogP contribution is 2.34. The minimum absolute atomic E-state index is 0.00344. The minimum atomic E-state index is -0.0574. The highest BCUT2D eigenvalue weighted by atomic mass is 16.3. The summed E-state index contributed by atoms with van der Waals surface area (Å²) >= 11 is 0. The summed E-state index contributed by atoms with van der Waals surface area (Å²) in [5.74, 6) is 0.209. The Kier molecular flexibility index (Phi) is 7.29. The summed E-state index contributed by atoms with van der Waals surface area (Å²) in [6, 6.07) is 16.1. The van der Waals surface area contributed by atoms with Crippen LogP contribution >= 0.6 is 0 Å².